The second kappa shape index (κ2) is 12.3. The minimum Gasteiger partial charge on any atom is -0.352 e. The summed E-state index contributed by atoms with van der Waals surface area (Å²) < 4.78 is 0. The van der Waals surface area contributed by atoms with Crippen molar-refractivity contribution in [3.05, 3.63) is 112 Å². The van der Waals surface area contributed by atoms with Crippen LogP contribution in [-0.4, -0.2) is 41.2 Å². The van der Waals surface area contributed by atoms with Crippen molar-refractivity contribution in [1.29, 1.82) is 0 Å². The highest BCUT2D eigenvalue weighted by atomic mass is 35.5. The van der Waals surface area contributed by atoms with Crippen LogP contribution in [0.4, 0.5) is 5.69 Å². The Balaban J connectivity index is 1.52. The van der Waals surface area contributed by atoms with Gasteiger partial charge in [0.25, 0.3) is 5.91 Å². The Hall–Kier alpha value is -3.87. The van der Waals surface area contributed by atoms with E-state index in [9.17, 15) is 14.4 Å². The first-order chi connectivity index (χ1) is 19.8. The molecule has 0 saturated carbocycles. The summed E-state index contributed by atoms with van der Waals surface area (Å²) in [5, 5.41) is 5.59. The molecule has 4 aromatic carbocycles. The van der Waals surface area contributed by atoms with Gasteiger partial charge in [0.2, 0.25) is 11.8 Å². The van der Waals surface area contributed by atoms with Gasteiger partial charge in [-0.15, -0.1) is 0 Å². The monoisotopic (exact) mass is 587 g/mol. The third kappa shape index (κ3) is 6.09. The number of anilines is 1. The molecular formula is C33H31Cl2N3O3. The first-order valence-corrected chi connectivity index (χ1v) is 14.4. The Morgan fingerprint density at radius 3 is 2.34 bits per heavy atom. The fraction of sp³-hybridized carbons (Fsp3) is 0.242. The van der Waals surface area contributed by atoms with Gasteiger partial charge < -0.3 is 10.2 Å². The highest BCUT2D eigenvalue weighted by Crippen LogP contribution is 2.37. The number of amides is 3. The van der Waals surface area contributed by atoms with Crippen LogP contribution in [0.25, 0.3) is 10.8 Å². The van der Waals surface area contributed by atoms with E-state index in [0.29, 0.717) is 27.7 Å². The van der Waals surface area contributed by atoms with E-state index in [0.717, 1.165) is 28.3 Å². The molecule has 0 radical (unpaired) electrons. The van der Waals surface area contributed by atoms with Gasteiger partial charge in [0, 0.05) is 30.0 Å². The van der Waals surface area contributed by atoms with Gasteiger partial charge in [0.1, 0.15) is 12.6 Å². The number of hydrogen-bond acceptors (Lipinski definition) is 3. The summed E-state index contributed by atoms with van der Waals surface area (Å²) in [5.41, 5.74) is 2.89. The van der Waals surface area contributed by atoms with Crippen LogP contribution >= 0.6 is 23.2 Å². The van der Waals surface area contributed by atoms with Crippen molar-refractivity contribution in [3.63, 3.8) is 0 Å². The SMILES string of the molecule is CC[C@H](C)NC(=O)[C@H](Cc1ccccc1)N(Cc1ccc(Cl)c(Cl)c1)C(=O)CN1C(=O)c2cccc3cccc1c23. The second-order valence-electron chi connectivity index (χ2n) is 10.4. The predicted octanol–water partition coefficient (Wildman–Crippen LogP) is 6.66. The van der Waals surface area contributed by atoms with E-state index in [1.54, 1.807) is 29.2 Å². The van der Waals surface area contributed by atoms with E-state index in [-0.39, 0.29) is 36.9 Å². The lowest BCUT2D eigenvalue weighted by Crippen LogP contribution is -2.54. The van der Waals surface area contributed by atoms with Crippen molar-refractivity contribution in [2.45, 2.75) is 45.3 Å². The van der Waals surface area contributed by atoms with Crippen LogP contribution < -0.4 is 10.2 Å². The number of nitrogens with zero attached hydrogens (tertiary/aromatic N) is 2. The van der Waals surface area contributed by atoms with Crippen molar-refractivity contribution in [2.24, 2.45) is 0 Å². The number of hydrogen-bond donors (Lipinski definition) is 1. The van der Waals surface area contributed by atoms with Gasteiger partial charge in [-0.25, -0.2) is 0 Å². The molecule has 5 rings (SSSR count). The normalized spacial score (nSPS) is 13.8. The summed E-state index contributed by atoms with van der Waals surface area (Å²) in [5.74, 6) is -0.840. The van der Waals surface area contributed by atoms with Crippen LogP contribution in [0.3, 0.4) is 0 Å². The van der Waals surface area contributed by atoms with Gasteiger partial charge in [0.15, 0.2) is 0 Å². The Kier molecular flexibility index (Phi) is 8.62. The molecule has 4 aromatic rings. The molecule has 1 N–H and O–H groups in total. The largest absolute Gasteiger partial charge is 0.352 e. The van der Waals surface area contributed by atoms with Crippen LogP contribution in [0, 0.1) is 0 Å². The maximum atomic E-state index is 14.3. The molecule has 0 bridgehead atoms. The van der Waals surface area contributed by atoms with Crippen molar-refractivity contribution >= 4 is 57.4 Å². The Morgan fingerprint density at radius 2 is 1.63 bits per heavy atom. The lowest BCUT2D eigenvalue weighted by atomic mass is 10.0. The van der Waals surface area contributed by atoms with Gasteiger partial charge in [-0.1, -0.05) is 90.8 Å². The van der Waals surface area contributed by atoms with Crippen molar-refractivity contribution in [1.82, 2.24) is 10.2 Å². The van der Waals surface area contributed by atoms with E-state index in [2.05, 4.69) is 5.32 Å². The van der Waals surface area contributed by atoms with E-state index in [1.165, 1.54) is 4.90 Å². The molecule has 3 amide bonds. The van der Waals surface area contributed by atoms with Gasteiger partial charge >= 0.3 is 0 Å². The molecule has 0 fully saturated rings. The molecule has 2 atom stereocenters. The van der Waals surface area contributed by atoms with Gasteiger partial charge in [0.05, 0.1) is 15.7 Å². The Bertz CT molecular complexity index is 1600. The maximum absolute atomic E-state index is 14.3. The van der Waals surface area contributed by atoms with Crippen molar-refractivity contribution in [3.8, 4) is 0 Å². The zero-order valence-corrected chi connectivity index (χ0v) is 24.5. The molecule has 0 saturated heterocycles. The van der Waals surface area contributed by atoms with Gasteiger partial charge in [-0.2, -0.15) is 0 Å². The fourth-order valence-corrected chi connectivity index (χ4v) is 5.51. The average molecular weight is 589 g/mol. The summed E-state index contributed by atoms with van der Waals surface area (Å²) in [6.07, 6.45) is 1.05. The summed E-state index contributed by atoms with van der Waals surface area (Å²) in [4.78, 5) is 44.6. The third-order valence-electron chi connectivity index (χ3n) is 7.55. The molecule has 0 aliphatic carbocycles. The molecule has 0 unspecified atom stereocenters. The van der Waals surface area contributed by atoms with E-state index in [4.69, 9.17) is 23.2 Å². The number of halogens is 2. The molecule has 8 heteroatoms. The number of nitrogens with one attached hydrogen (secondary N) is 1. The first-order valence-electron chi connectivity index (χ1n) is 13.7. The zero-order valence-electron chi connectivity index (χ0n) is 22.9. The van der Waals surface area contributed by atoms with Gasteiger partial charge in [-0.05, 0) is 54.1 Å². The zero-order chi connectivity index (χ0) is 29.1. The fourth-order valence-electron chi connectivity index (χ4n) is 5.19. The minimum absolute atomic E-state index is 0.0741. The molecule has 0 aromatic heterocycles. The Labute approximate surface area is 249 Å². The van der Waals surface area contributed by atoms with E-state index < -0.39 is 6.04 Å². The predicted molar refractivity (Wildman–Crippen MR) is 164 cm³/mol. The van der Waals surface area contributed by atoms with Crippen molar-refractivity contribution < 1.29 is 14.4 Å². The lowest BCUT2D eigenvalue weighted by Gasteiger charge is -2.33. The standard InChI is InChI=1S/C33H31Cl2N3O3/c1-3-21(2)36-32(40)29(18-22-9-5-4-6-10-22)37(19-23-15-16-26(34)27(35)17-23)30(39)20-38-28-14-8-12-24-11-7-13-25(31(24)28)33(38)41/h4-17,21,29H,3,18-20H2,1-2H3,(H,36,40)/t21-,29-/m0/s1. The maximum Gasteiger partial charge on any atom is 0.259 e. The van der Waals surface area contributed by atoms with Crippen LogP contribution in [0.2, 0.25) is 10.0 Å². The molecule has 1 heterocycles. The van der Waals surface area contributed by atoms with E-state index >= 15 is 0 Å². The summed E-state index contributed by atoms with van der Waals surface area (Å²) in [6, 6.07) is 25.1. The van der Waals surface area contributed by atoms with Crippen molar-refractivity contribution in [2.75, 3.05) is 11.4 Å². The first kappa shape index (κ1) is 28.7. The topological polar surface area (TPSA) is 69.7 Å². The van der Waals surface area contributed by atoms with E-state index in [1.807, 2.05) is 74.5 Å². The van der Waals surface area contributed by atoms with Crippen LogP contribution in [0.1, 0.15) is 41.8 Å². The van der Waals surface area contributed by atoms with Crippen LogP contribution in [0.5, 0.6) is 0 Å². The highest BCUT2D eigenvalue weighted by molar-refractivity contribution is 6.42. The quantitative estimate of drug-likeness (QED) is 0.225. The van der Waals surface area contributed by atoms with Crippen LogP contribution in [0.15, 0.2) is 84.9 Å². The molecule has 6 nitrogen and oxygen atoms in total. The smallest absolute Gasteiger partial charge is 0.259 e. The second-order valence-corrected chi connectivity index (χ2v) is 11.2. The van der Waals surface area contributed by atoms with Gasteiger partial charge in [-0.3, -0.25) is 19.3 Å². The molecular weight excluding hydrogens is 557 g/mol. The molecule has 1 aliphatic heterocycles. The summed E-state index contributed by atoms with van der Waals surface area (Å²) in [6.45, 7) is 3.83. The number of rotatable bonds is 10. The number of carbonyl (C=O) groups excluding carboxylic acids is 3. The minimum atomic E-state index is -0.829. The molecule has 41 heavy (non-hydrogen) atoms. The molecule has 0 spiro atoms. The summed E-state index contributed by atoms with van der Waals surface area (Å²) in [7, 11) is 0. The lowest BCUT2D eigenvalue weighted by molar-refractivity contribution is -0.140. The number of carbonyl (C=O) groups is 3. The molecule has 1 aliphatic rings. The summed E-state index contributed by atoms with van der Waals surface area (Å²) >= 11 is 12.5. The van der Waals surface area contributed by atoms with Crippen LogP contribution in [-0.2, 0) is 22.6 Å². The average Bonchev–Trinajstić information content (AvgIpc) is 3.25. The third-order valence-corrected chi connectivity index (χ3v) is 8.29. The molecule has 210 valence electrons. The highest BCUT2D eigenvalue weighted by Gasteiger charge is 2.36. The number of benzene rings is 4. The Morgan fingerprint density at radius 1 is 0.902 bits per heavy atom.